The van der Waals surface area contributed by atoms with Gasteiger partial charge in [0.15, 0.2) is 6.10 Å². The summed E-state index contributed by atoms with van der Waals surface area (Å²) in [6.45, 7) is 3.61. The number of aliphatic hydroxyl groups excluding tert-OH is 1. The summed E-state index contributed by atoms with van der Waals surface area (Å²) < 4.78 is 38.8. The predicted octanol–water partition coefficient (Wildman–Crippen LogP) is 4.81. The number of anilines is 2. The first-order valence-corrected chi connectivity index (χ1v) is 10.8. The van der Waals surface area contributed by atoms with E-state index < -0.39 is 29.7 Å². The van der Waals surface area contributed by atoms with Crippen molar-refractivity contribution in [2.75, 3.05) is 11.1 Å². The number of nitrogens with two attached hydrogens (primary N) is 1. The second-order valence-electron chi connectivity index (χ2n) is 7.99. The topological polar surface area (TPSA) is 117 Å². The molecule has 0 aliphatic heterocycles. The van der Waals surface area contributed by atoms with Crippen LogP contribution in [0.1, 0.15) is 41.4 Å². The highest BCUT2D eigenvalue weighted by Crippen LogP contribution is 2.33. The number of amides is 2. The first-order chi connectivity index (χ1) is 16.4. The zero-order valence-electron chi connectivity index (χ0n) is 18.7. The monoisotopic (exact) mass is 506 g/mol. The second kappa shape index (κ2) is 10.3. The number of nitrogens with one attached hydrogen (secondary N) is 2. The van der Waals surface area contributed by atoms with Crippen molar-refractivity contribution in [3.63, 3.8) is 0 Å². The van der Waals surface area contributed by atoms with Gasteiger partial charge >= 0.3 is 6.18 Å². The number of pyridine rings is 1. The number of hydrogen-bond donors (Lipinski definition) is 4. The molecule has 184 valence electrons. The van der Waals surface area contributed by atoms with Crippen LogP contribution >= 0.6 is 11.6 Å². The number of rotatable bonds is 6. The van der Waals surface area contributed by atoms with Gasteiger partial charge in [-0.1, -0.05) is 29.8 Å². The Bertz CT molecular complexity index is 1270. The van der Waals surface area contributed by atoms with E-state index in [4.69, 9.17) is 17.3 Å². The molecule has 0 saturated carbocycles. The van der Waals surface area contributed by atoms with Crippen LogP contribution in [0, 0.1) is 0 Å². The largest absolute Gasteiger partial charge is 0.416 e. The van der Waals surface area contributed by atoms with Gasteiger partial charge in [-0.3, -0.25) is 9.59 Å². The number of aliphatic hydroxyl groups is 1. The predicted molar refractivity (Wildman–Crippen MR) is 127 cm³/mol. The van der Waals surface area contributed by atoms with Crippen molar-refractivity contribution in [3.8, 4) is 11.1 Å². The number of hydrogen-bond acceptors (Lipinski definition) is 5. The average Bonchev–Trinajstić information content (AvgIpc) is 2.78. The summed E-state index contributed by atoms with van der Waals surface area (Å²) in [5, 5.41) is 15.6. The molecule has 1 atom stereocenters. The van der Waals surface area contributed by atoms with Gasteiger partial charge in [0.1, 0.15) is 5.82 Å². The third-order valence-corrected chi connectivity index (χ3v) is 5.22. The first-order valence-electron chi connectivity index (χ1n) is 10.4. The summed E-state index contributed by atoms with van der Waals surface area (Å²) in [4.78, 5) is 28.9. The molecule has 7 nitrogen and oxygen atoms in total. The first kappa shape index (κ1) is 26.0. The number of aromatic nitrogens is 1. The van der Waals surface area contributed by atoms with Gasteiger partial charge in [-0.25, -0.2) is 4.98 Å². The fourth-order valence-electron chi connectivity index (χ4n) is 3.22. The highest BCUT2D eigenvalue weighted by atomic mass is 35.5. The van der Waals surface area contributed by atoms with Crippen molar-refractivity contribution in [1.82, 2.24) is 10.3 Å². The van der Waals surface area contributed by atoms with Crippen molar-refractivity contribution in [2.45, 2.75) is 32.2 Å². The van der Waals surface area contributed by atoms with Crippen molar-refractivity contribution < 1.29 is 27.9 Å². The van der Waals surface area contributed by atoms with Crippen molar-refractivity contribution in [3.05, 3.63) is 76.4 Å². The number of benzene rings is 2. The maximum absolute atomic E-state index is 12.9. The van der Waals surface area contributed by atoms with Gasteiger partial charge in [0, 0.05) is 29.1 Å². The molecular weight excluding hydrogens is 485 g/mol. The van der Waals surface area contributed by atoms with Gasteiger partial charge in [-0.2, -0.15) is 13.2 Å². The quantitative estimate of drug-likeness (QED) is 0.382. The lowest BCUT2D eigenvalue weighted by molar-refractivity contribution is -0.138. The summed E-state index contributed by atoms with van der Waals surface area (Å²) in [7, 11) is 0. The molecule has 2 amide bonds. The minimum Gasteiger partial charge on any atom is -0.383 e. The van der Waals surface area contributed by atoms with Gasteiger partial charge in [0.2, 0.25) is 0 Å². The van der Waals surface area contributed by atoms with Crippen LogP contribution in [0.2, 0.25) is 5.02 Å². The van der Waals surface area contributed by atoms with Crippen LogP contribution in [0.3, 0.4) is 0 Å². The van der Waals surface area contributed by atoms with E-state index in [1.54, 1.807) is 19.9 Å². The van der Waals surface area contributed by atoms with E-state index in [1.165, 1.54) is 30.5 Å². The summed E-state index contributed by atoms with van der Waals surface area (Å²) in [5.74, 6) is -1.28. The zero-order valence-corrected chi connectivity index (χ0v) is 19.4. The Morgan fingerprint density at radius 1 is 1.11 bits per heavy atom. The fourth-order valence-corrected chi connectivity index (χ4v) is 3.51. The third-order valence-electron chi connectivity index (χ3n) is 4.91. The van der Waals surface area contributed by atoms with E-state index >= 15 is 0 Å². The molecule has 11 heteroatoms. The molecule has 0 unspecified atom stereocenters. The molecule has 0 aliphatic rings. The Hall–Kier alpha value is -3.63. The molecule has 2 aromatic carbocycles. The van der Waals surface area contributed by atoms with E-state index in [9.17, 15) is 27.9 Å². The number of nitrogen functional groups attached to an aromatic ring is 1. The zero-order chi connectivity index (χ0) is 25.9. The van der Waals surface area contributed by atoms with Crippen molar-refractivity contribution in [1.29, 1.82) is 0 Å². The van der Waals surface area contributed by atoms with E-state index in [1.807, 2.05) is 0 Å². The molecule has 0 bridgehead atoms. The van der Waals surface area contributed by atoms with E-state index in [-0.39, 0.29) is 33.7 Å². The number of alkyl halides is 3. The van der Waals surface area contributed by atoms with Gasteiger partial charge in [0.25, 0.3) is 11.8 Å². The standard InChI is InChI=1S/C24H22ClF3N4O3/c1-12(2)31-22(34)18-9-14(11-30-21(18)29)17-7-6-16(10-19(17)25)32-23(35)20(33)13-4-3-5-15(8-13)24(26,27)28/h3-12,20,33H,1-2H3,(H2,29,30)(H,31,34)(H,32,35)/t20-/m1/s1. The van der Waals surface area contributed by atoms with Crippen LogP contribution in [-0.2, 0) is 11.0 Å². The smallest absolute Gasteiger partial charge is 0.383 e. The molecule has 3 aromatic rings. The normalized spacial score (nSPS) is 12.3. The second-order valence-corrected chi connectivity index (χ2v) is 8.40. The molecule has 1 heterocycles. The van der Waals surface area contributed by atoms with Crippen LogP contribution in [0.15, 0.2) is 54.7 Å². The maximum atomic E-state index is 12.9. The Balaban J connectivity index is 1.80. The Morgan fingerprint density at radius 2 is 1.83 bits per heavy atom. The summed E-state index contributed by atoms with van der Waals surface area (Å²) in [5.41, 5.74) is 6.02. The summed E-state index contributed by atoms with van der Waals surface area (Å²) in [6.07, 6.45) is -5.00. The van der Waals surface area contributed by atoms with E-state index in [2.05, 4.69) is 15.6 Å². The lowest BCUT2D eigenvalue weighted by atomic mass is 10.0. The third kappa shape index (κ3) is 6.28. The number of carbonyl (C=O) groups excluding carboxylic acids is 2. The minimum atomic E-state index is -4.61. The van der Waals surface area contributed by atoms with Crippen molar-refractivity contribution in [2.24, 2.45) is 0 Å². The lowest BCUT2D eigenvalue weighted by Crippen LogP contribution is -2.30. The van der Waals surface area contributed by atoms with Crippen molar-refractivity contribution >= 4 is 34.9 Å². The van der Waals surface area contributed by atoms with Crippen LogP contribution in [0.4, 0.5) is 24.7 Å². The van der Waals surface area contributed by atoms with Crippen LogP contribution < -0.4 is 16.4 Å². The molecule has 0 spiro atoms. The van der Waals surface area contributed by atoms with Crippen LogP contribution in [0.5, 0.6) is 0 Å². The maximum Gasteiger partial charge on any atom is 0.416 e. The molecule has 3 rings (SSSR count). The van der Waals surface area contributed by atoms with Gasteiger partial charge in [-0.15, -0.1) is 0 Å². The van der Waals surface area contributed by atoms with E-state index in [0.717, 1.165) is 12.1 Å². The van der Waals surface area contributed by atoms with Gasteiger partial charge in [0.05, 0.1) is 16.1 Å². The number of carbonyl (C=O) groups is 2. The molecule has 0 radical (unpaired) electrons. The Labute approximate surface area is 204 Å². The number of nitrogens with zero attached hydrogens (tertiary/aromatic N) is 1. The molecule has 1 aromatic heterocycles. The molecule has 5 N–H and O–H groups in total. The Morgan fingerprint density at radius 3 is 2.46 bits per heavy atom. The fraction of sp³-hybridized carbons (Fsp3) is 0.208. The molecule has 35 heavy (non-hydrogen) atoms. The highest BCUT2D eigenvalue weighted by Gasteiger charge is 2.31. The van der Waals surface area contributed by atoms with Crippen LogP contribution in [-0.4, -0.2) is 27.9 Å². The molecular formula is C24H22ClF3N4O3. The van der Waals surface area contributed by atoms with Gasteiger partial charge < -0.3 is 21.5 Å². The SMILES string of the molecule is CC(C)NC(=O)c1cc(-c2ccc(NC(=O)[C@H](O)c3cccc(C(F)(F)F)c3)cc2Cl)cnc1N. The highest BCUT2D eigenvalue weighted by molar-refractivity contribution is 6.33. The van der Waals surface area contributed by atoms with E-state index in [0.29, 0.717) is 17.2 Å². The summed E-state index contributed by atoms with van der Waals surface area (Å²) in [6, 6.07) is 9.76. The van der Waals surface area contributed by atoms with Crippen LogP contribution in [0.25, 0.3) is 11.1 Å². The average molecular weight is 507 g/mol. The van der Waals surface area contributed by atoms with Gasteiger partial charge in [-0.05, 0) is 49.7 Å². The molecule has 0 saturated heterocycles. The lowest BCUT2D eigenvalue weighted by Gasteiger charge is -2.15. The minimum absolute atomic E-state index is 0.0514. The molecule has 0 fully saturated rings. The Kier molecular flexibility index (Phi) is 7.67. The number of halogens is 4. The summed E-state index contributed by atoms with van der Waals surface area (Å²) >= 11 is 6.37. The molecule has 0 aliphatic carbocycles.